The van der Waals surface area contributed by atoms with Crippen molar-refractivity contribution < 1.29 is 4.79 Å². The lowest BCUT2D eigenvalue weighted by molar-refractivity contribution is 0.0982. The van der Waals surface area contributed by atoms with Crippen LogP contribution in [0.4, 0.5) is 0 Å². The second kappa shape index (κ2) is 6.01. The zero-order chi connectivity index (χ0) is 14.7. The molecule has 0 spiro atoms. The predicted octanol–water partition coefficient (Wildman–Crippen LogP) is 3.12. The Balaban J connectivity index is 1.70. The van der Waals surface area contributed by atoms with Gasteiger partial charge >= 0.3 is 0 Å². The van der Waals surface area contributed by atoms with Gasteiger partial charge in [-0.15, -0.1) is 11.3 Å². The van der Waals surface area contributed by atoms with Crippen molar-refractivity contribution in [2.45, 2.75) is 19.4 Å². The summed E-state index contributed by atoms with van der Waals surface area (Å²) in [6, 6.07) is 11.1. The first-order chi connectivity index (χ1) is 10.3. The lowest BCUT2D eigenvalue weighted by Gasteiger charge is -2.05. The standard InChI is InChI=1S/C16H14N2O2S/c19-14(15-8-4-10-21-15)7-3-9-18-16(20)13-6-2-1-5-12(13)11-17-18/h1-2,4-6,8,10-11H,3,7,9H2. The van der Waals surface area contributed by atoms with Gasteiger partial charge in [-0.05, 0) is 23.9 Å². The number of hydrogen-bond donors (Lipinski definition) is 0. The third-order valence-corrected chi connectivity index (χ3v) is 4.24. The second-order valence-electron chi connectivity index (χ2n) is 4.76. The van der Waals surface area contributed by atoms with Gasteiger partial charge in [0.15, 0.2) is 5.78 Å². The van der Waals surface area contributed by atoms with E-state index < -0.39 is 0 Å². The Hall–Kier alpha value is -2.27. The summed E-state index contributed by atoms with van der Waals surface area (Å²) >= 11 is 1.45. The number of thiophene rings is 1. The molecule has 21 heavy (non-hydrogen) atoms. The van der Waals surface area contributed by atoms with E-state index in [4.69, 9.17) is 0 Å². The largest absolute Gasteiger partial charge is 0.293 e. The highest BCUT2D eigenvalue weighted by Gasteiger charge is 2.08. The maximum atomic E-state index is 12.3. The number of hydrogen-bond acceptors (Lipinski definition) is 4. The van der Waals surface area contributed by atoms with Crippen molar-refractivity contribution in [2.24, 2.45) is 0 Å². The van der Waals surface area contributed by atoms with E-state index >= 15 is 0 Å². The molecule has 0 aliphatic rings. The van der Waals surface area contributed by atoms with E-state index in [1.54, 1.807) is 12.3 Å². The maximum absolute atomic E-state index is 12.3. The Kier molecular flexibility index (Phi) is 3.92. The normalized spacial score (nSPS) is 10.9. The van der Waals surface area contributed by atoms with Gasteiger partial charge in [-0.3, -0.25) is 9.59 Å². The van der Waals surface area contributed by atoms with Crippen LogP contribution in [0.2, 0.25) is 0 Å². The van der Waals surface area contributed by atoms with Gasteiger partial charge in [-0.1, -0.05) is 24.3 Å². The van der Waals surface area contributed by atoms with Crippen LogP contribution in [0.5, 0.6) is 0 Å². The minimum atomic E-state index is -0.100. The molecule has 0 bridgehead atoms. The number of aromatic nitrogens is 2. The molecule has 1 aromatic carbocycles. The van der Waals surface area contributed by atoms with Crippen molar-refractivity contribution in [3.05, 3.63) is 63.2 Å². The van der Waals surface area contributed by atoms with Crippen molar-refractivity contribution in [1.29, 1.82) is 0 Å². The molecule has 4 nitrogen and oxygen atoms in total. The summed E-state index contributed by atoms with van der Waals surface area (Å²) in [6.45, 7) is 0.459. The Morgan fingerprint density at radius 2 is 2.05 bits per heavy atom. The molecule has 106 valence electrons. The van der Waals surface area contributed by atoms with Gasteiger partial charge in [0.25, 0.3) is 5.56 Å². The Labute approximate surface area is 125 Å². The fraction of sp³-hybridized carbons (Fsp3) is 0.188. The van der Waals surface area contributed by atoms with E-state index in [9.17, 15) is 9.59 Å². The molecule has 2 aromatic heterocycles. The highest BCUT2D eigenvalue weighted by Crippen LogP contribution is 2.12. The van der Waals surface area contributed by atoms with Crippen LogP contribution in [0, 0.1) is 0 Å². The molecule has 3 rings (SSSR count). The molecule has 0 fully saturated rings. The quantitative estimate of drug-likeness (QED) is 0.680. The lowest BCUT2D eigenvalue weighted by Crippen LogP contribution is -2.23. The molecule has 0 saturated carbocycles. The van der Waals surface area contributed by atoms with Gasteiger partial charge < -0.3 is 0 Å². The third kappa shape index (κ3) is 2.92. The van der Waals surface area contributed by atoms with Crippen LogP contribution >= 0.6 is 11.3 Å². The minimum absolute atomic E-state index is 0.100. The zero-order valence-corrected chi connectivity index (χ0v) is 12.2. The highest BCUT2D eigenvalue weighted by atomic mass is 32.1. The number of carbonyl (C=O) groups is 1. The van der Waals surface area contributed by atoms with Gasteiger partial charge in [-0.25, -0.2) is 4.68 Å². The monoisotopic (exact) mass is 298 g/mol. The Bertz CT molecular complexity index is 822. The zero-order valence-electron chi connectivity index (χ0n) is 11.4. The van der Waals surface area contributed by atoms with E-state index in [0.29, 0.717) is 24.8 Å². The first-order valence-corrected chi connectivity index (χ1v) is 7.65. The third-order valence-electron chi connectivity index (χ3n) is 3.33. The predicted molar refractivity (Wildman–Crippen MR) is 83.9 cm³/mol. The van der Waals surface area contributed by atoms with Crippen molar-refractivity contribution in [3.63, 3.8) is 0 Å². The van der Waals surface area contributed by atoms with Crippen molar-refractivity contribution in [1.82, 2.24) is 9.78 Å². The molecule has 0 unspecified atom stereocenters. The van der Waals surface area contributed by atoms with Crippen LogP contribution < -0.4 is 5.56 Å². The van der Waals surface area contributed by atoms with E-state index in [1.165, 1.54) is 16.0 Å². The number of carbonyl (C=O) groups excluding carboxylic acids is 1. The molecule has 0 aliphatic carbocycles. The van der Waals surface area contributed by atoms with Gasteiger partial charge in [0.1, 0.15) is 0 Å². The molecule has 0 amide bonds. The fourth-order valence-electron chi connectivity index (χ4n) is 2.24. The number of Topliss-reactive ketones (excluding diaryl/α,β-unsaturated/α-hetero) is 1. The average Bonchev–Trinajstić information content (AvgIpc) is 3.04. The lowest BCUT2D eigenvalue weighted by atomic mass is 10.2. The molecule has 0 radical (unpaired) electrons. The number of fused-ring (bicyclic) bond motifs is 1. The fourth-order valence-corrected chi connectivity index (χ4v) is 2.93. The van der Waals surface area contributed by atoms with Crippen LogP contribution in [0.3, 0.4) is 0 Å². The smallest absolute Gasteiger partial charge is 0.274 e. The molecule has 3 aromatic rings. The highest BCUT2D eigenvalue weighted by molar-refractivity contribution is 7.12. The summed E-state index contributed by atoms with van der Waals surface area (Å²) < 4.78 is 1.43. The van der Waals surface area contributed by atoms with Gasteiger partial charge in [-0.2, -0.15) is 5.10 Å². The van der Waals surface area contributed by atoms with Crippen LogP contribution in [-0.4, -0.2) is 15.6 Å². The van der Waals surface area contributed by atoms with Gasteiger partial charge in [0.2, 0.25) is 0 Å². The molecule has 0 aliphatic heterocycles. The molecule has 0 saturated heterocycles. The van der Waals surface area contributed by atoms with Gasteiger partial charge in [0, 0.05) is 18.4 Å². The summed E-state index contributed by atoms with van der Waals surface area (Å²) in [5, 5.41) is 7.56. The molecule has 2 heterocycles. The number of aryl methyl sites for hydroxylation is 1. The van der Waals surface area contributed by atoms with E-state index in [0.717, 1.165) is 10.3 Å². The molecular weight excluding hydrogens is 284 g/mol. The summed E-state index contributed by atoms with van der Waals surface area (Å²) in [5.41, 5.74) is -0.100. The van der Waals surface area contributed by atoms with E-state index in [-0.39, 0.29) is 11.3 Å². The van der Waals surface area contributed by atoms with Crippen molar-refractivity contribution in [2.75, 3.05) is 0 Å². The Morgan fingerprint density at radius 1 is 1.19 bits per heavy atom. The van der Waals surface area contributed by atoms with Crippen LogP contribution in [-0.2, 0) is 6.54 Å². The summed E-state index contributed by atoms with van der Waals surface area (Å²) in [4.78, 5) is 24.9. The first-order valence-electron chi connectivity index (χ1n) is 6.77. The summed E-state index contributed by atoms with van der Waals surface area (Å²) in [6.07, 6.45) is 2.74. The second-order valence-corrected chi connectivity index (χ2v) is 5.71. The topological polar surface area (TPSA) is 52.0 Å². The van der Waals surface area contributed by atoms with E-state index in [1.807, 2.05) is 35.7 Å². The maximum Gasteiger partial charge on any atom is 0.274 e. The number of ketones is 1. The number of rotatable bonds is 5. The molecule has 0 N–H and O–H groups in total. The van der Waals surface area contributed by atoms with E-state index in [2.05, 4.69) is 5.10 Å². The molecule has 0 atom stereocenters. The molecule has 5 heteroatoms. The van der Waals surface area contributed by atoms with Crippen molar-refractivity contribution in [3.8, 4) is 0 Å². The van der Waals surface area contributed by atoms with Crippen LogP contribution in [0.1, 0.15) is 22.5 Å². The Morgan fingerprint density at radius 3 is 2.86 bits per heavy atom. The molecular formula is C16H14N2O2S. The first kappa shape index (κ1) is 13.7. The summed E-state index contributed by atoms with van der Waals surface area (Å²) in [5.74, 6) is 0.124. The summed E-state index contributed by atoms with van der Waals surface area (Å²) in [7, 11) is 0. The van der Waals surface area contributed by atoms with Crippen LogP contribution in [0.25, 0.3) is 10.8 Å². The number of nitrogens with zero attached hydrogens (tertiary/aromatic N) is 2. The average molecular weight is 298 g/mol. The SMILES string of the molecule is O=C(CCCn1ncc2ccccc2c1=O)c1cccs1. The van der Waals surface area contributed by atoms with Crippen molar-refractivity contribution >= 4 is 27.9 Å². The number of benzene rings is 1. The minimum Gasteiger partial charge on any atom is -0.293 e. The van der Waals surface area contributed by atoms with Crippen LogP contribution in [0.15, 0.2) is 52.8 Å². The van der Waals surface area contributed by atoms with Gasteiger partial charge in [0.05, 0.1) is 16.5 Å².